The van der Waals surface area contributed by atoms with Crippen LogP contribution in [-0.2, 0) is 0 Å². The predicted octanol–water partition coefficient (Wildman–Crippen LogP) is 4.72. The number of aromatic nitrogens is 2. The third kappa shape index (κ3) is 4.60. The average molecular weight is 417 g/mol. The summed E-state index contributed by atoms with van der Waals surface area (Å²) in [6, 6.07) is 8.12. The van der Waals surface area contributed by atoms with Crippen molar-refractivity contribution in [2.45, 2.75) is 26.3 Å². The molecule has 0 amide bonds. The second-order valence-electron chi connectivity index (χ2n) is 7.16. The van der Waals surface area contributed by atoms with E-state index in [1.165, 1.54) is 0 Å². The van der Waals surface area contributed by atoms with Crippen LogP contribution in [0.15, 0.2) is 36.7 Å². The number of methoxy groups -OCH3 is 2. The fourth-order valence-electron chi connectivity index (χ4n) is 3.38. The number of likely N-dealkylation sites (N-methyl/N-ethyl adjacent to an activating group) is 1. The minimum Gasteiger partial charge on any atom is -0.496 e. The van der Waals surface area contributed by atoms with Gasteiger partial charge in [-0.2, -0.15) is 0 Å². The van der Waals surface area contributed by atoms with Crippen LogP contribution in [0.25, 0.3) is 16.9 Å². The lowest BCUT2D eigenvalue weighted by Crippen LogP contribution is -2.38. The lowest BCUT2D eigenvalue weighted by atomic mass is 9.99. The van der Waals surface area contributed by atoms with E-state index < -0.39 is 0 Å². The van der Waals surface area contributed by atoms with Crippen molar-refractivity contribution in [3.63, 3.8) is 0 Å². The summed E-state index contributed by atoms with van der Waals surface area (Å²) >= 11 is 6.32. The molecule has 2 N–H and O–H groups in total. The Hall–Kier alpha value is -2.44. The van der Waals surface area contributed by atoms with Gasteiger partial charge in [0.15, 0.2) is 0 Å². The summed E-state index contributed by atoms with van der Waals surface area (Å²) < 4.78 is 12.8. The summed E-state index contributed by atoms with van der Waals surface area (Å²) in [4.78, 5) is 4.78. The standard InChI is InChI=1S/C22H29ClN4O2/c1-6-14(2)18(24-3)12-25-15-7-8-27-13-19(26-22(27)9-15)16-10-17(23)21(29-5)11-20(16)28-4/h7-11,13-14,18,24-25H,6,12H2,1-5H3/t14-,18+/m0/s1. The Morgan fingerprint density at radius 3 is 2.59 bits per heavy atom. The van der Waals surface area contributed by atoms with Gasteiger partial charge < -0.3 is 24.5 Å². The maximum absolute atomic E-state index is 6.32. The van der Waals surface area contributed by atoms with Gasteiger partial charge in [0.05, 0.1) is 24.9 Å². The van der Waals surface area contributed by atoms with Gasteiger partial charge in [-0.05, 0) is 25.1 Å². The van der Waals surface area contributed by atoms with Crippen molar-refractivity contribution in [2.24, 2.45) is 5.92 Å². The van der Waals surface area contributed by atoms with E-state index in [2.05, 4.69) is 30.5 Å². The van der Waals surface area contributed by atoms with Crippen molar-refractivity contribution in [2.75, 3.05) is 33.1 Å². The van der Waals surface area contributed by atoms with E-state index >= 15 is 0 Å². The highest BCUT2D eigenvalue weighted by Gasteiger charge is 2.16. The van der Waals surface area contributed by atoms with Crippen molar-refractivity contribution < 1.29 is 9.47 Å². The van der Waals surface area contributed by atoms with Crippen LogP contribution < -0.4 is 20.1 Å². The normalized spacial score (nSPS) is 13.3. The zero-order valence-electron chi connectivity index (χ0n) is 17.6. The van der Waals surface area contributed by atoms with Gasteiger partial charge in [0, 0.05) is 48.4 Å². The zero-order chi connectivity index (χ0) is 21.0. The molecule has 29 heavy (non-hydrogen) atoms. The van der Waals surface area contributed by atoms with E-state index in [1.54, 1.807) is 20.3 Å². The number of halogens is 1. The molecule has 2 atom stereocenters. The van der Waals surface area contributed by atoms with E-state index in [0.29, 0.717) is 28.5 Å². The van der Waals surface area contributed by atoms with Crippen molar-refractivity contribution >= 4 is 22.9 Å². The maximum atomic E-state index is 6.32. The number of pyridine rings is 1. The second-order valence-corrected chi connectivity index (χ2v) is 7.56. The maximum Gasteiger partial charge on any atom is 0.141 e. The molecule has 3 aromatic rings. The minimum atomic E-state index is 0.414. The molecule has 0 aliphatic carbocycles. The number of anilines is 1. The quantitative estimate of drug-likeness (QED) is 0.528. The number of rotatable bonds is 9. The first-order valence-electron chi connectivity index (χ1n) is 9.82. The molecule has 7 heteroatoms. The Balaban J connectivity index is 1.87. The third-order valence-electron chi connectivity index (χ3n) is 5.44. The van der Waals surface area contributed by atoms with Crippen LogP contribution in [0.1, 0.15) is 20.3 Å². The molecule has 156 valence electrons. The molecular weight excluding hydrogens is 388 g/mol. The number of hydrogen-bond donors (Lipinski definition) is 2. The van der Waals surface area contributed by atoms with Gasteiger partial charge in [0.1, 0.15) is 17.1 Å². The van der Waals surface area contributed by atoms with Crippen LogP contribution in [0.2, 0.25) is 5.02 Å². The zero-order valence-corrected chi connectivity index (χ0v) is 18.4. The van der Waals surface area contributed by atoms with Gasteiger partial charge >= 0.3 is 0 Å². The molecule has 0 spiro atoms. The molecule has 0 unspecified atom stereocenters. The summed E-state index contributed by atoms with van der Waals surface area (Å²) in [5, 5.41) is 7.43. The number of hydrogen-bond acceptors (Lipinski definition) is 5. The Kier molecular flexibility index (Phi) is 6.87. The third-order valence-corrected chi connectivity index (χ3v) is 5.73. The molecule has 0 saturated heterocycles. The smallest absolute Gasteiger partial charge is 0.141 e. The molecular formula is C22H29ClN4O2. The molecule has 0 radical (unpaired) electrons. The molecule has 0 saturated carbocycles. The molecule has 2 aromatic heterocycles. The van der Waals surface area contributed by atoms with Gasteiger partial charge in [-0.3, -0.25) is 0 Å². The van der Waals surface area contributed by atoms with Crippen LogP contribution in [0.3, 0.4) is 0 Å². The summed E-state index contributed by atoms with van der Waals surface area (Å²) in [7, 11) is 5.22. The van der Waals surface area contributed by atoms with E-state index in [1.807, 2.05) is 36.0 Å². The monoisotopic (exact) mass is 416 g/mol. The topological polar surface area (TPSA) is 59.8 Å². The number of fused-ring (bicyclic) bond motifs is 1. The number of nitrogens with zero attached hydrogens (tertiary/aromatic N) is 2. The lowest BCUT2D eigenvalue weighted by molar-refractivity contribution is 0.395. The first-order valence-corrected chi connectivity index (χ1v) is 10.2. The highest BCUT2D eigenvalue weighted by molar-refractivity contribution is 6.32. The molecule has 0 aliphatic heterocycles. The Morgan fingerprint density at radius 1 is 1.17 bits per heavy atom. The summed E-state index contributed by atoms with van der Waals surface area (Å²) in [5.74, 6) is 1.84. The predicted molar refractivity (Wildman–Crippen MR) is 120 cm³/mol. The Labute approximate surface area is 177 Å². The Bertz CT molecular complexity index is 973. The number of benzene rings is 1. The Morgan fingerprint density at radius 2 is 1.93 bits per heavy atom. The van der Waals surface area contributed by atoms with E-state index in [9.17, 15) is 0 Å². The first-order chi connectivity index (χ1) is 14.0. The average Bonchev–Trinajstić information content (AvgIpc) is 3.16. The van der Waals surface area contributed by atoms with Crippen LogP contribution in [0.4, 0.5) is 5.69 Å². The number of nitrogens with one attached hydrogen (secondary N) is 2. The summed E-state index contributed by atoms with van der Waals surface area (Å²) in [5.41, 5.74) is 3.50. The first kappa shape index (κ1) is 21.3. The molecule has 3 rings (SSSR count). The van der Waals surface area contributed by atoms with Gasteiger partial charge in [-0.1, -0.05) is 31.9 Å². The largest absolute Gasteiger partial charge is 0.496 e. The van der Waals surface area contributed by atoms with E-state index in [-0.39, 0.29) is 0 Å². The van der Waals surface area contributed by atoms with Crippen LogP contribution in [0.5, 0.6) is 11.5 Å². The fourth-order valence-corrected chi connectivity index (χ4v) is 3.62. The van der Waals surface area contributed by atoms with Crippen LogP contribution in [0, 0.1) is 5.92 Å². The number of ether oxygens (including phenoxy) is 2. The SMILES string of the molecule is CC[C@H](C)[C@@H](CNc1ccn2cc(-c3cc(Cl)c(OC)cc3OC)nc2c1)NC. The van der Waals surface area contributed by atoms with Crippen molar-refractivity contribution in [1.29, 1.82) is 0 Å². The second kappa shape index (κ2) is 9.37. The minimum absolute atomic E-state index is 0.414. The molecule has 2 heterocycles. The summed E-state index contributed by atoms with van der Waals surface area (Å²) in [6.45, 7) is 5.34. The lowest BCUT2D eigenvalue weighted by Gasteiger charge is -2.23. The van der Waals surface area contributed by atoms with E-state index in [0.717, 1.165) is 35.6 Å². The van der Waals surface area contributed by atoms with Gasteiger partial charge in [0.25, 0.3) is 0 Å². The van der Waals surface area contributed by atoms with Crippen molar-refractivity contribution in [3.8, 4) is 22.8 Å². The van der Waals surface area contributed by atoms with Gasteiger partial charge in [-0.15, -0.1) is 0 Å². The fraction of sp³-hybridized carbons (Fsp3) is 0.409. The van der Waals surface area contributed by atoms with Crippen molar-refractivity contribution in [3.05, 3.63) is 41.7 Å². The van der Waals surface area contributed by atoms with Gasteiger partial charge in [0.2, 0.25) is 0 Å². The molecule has 0 aliphatic rings. The molecule has 0 bridgehead atoms. The molecule has 0 fully saturated rings. The van der Waals surface area contributed by atoms with Crippen LogP contribution >= 0.6 is 11.6 Å². The molecule has 1 aromatic carbocycles. The number of imidazole rings is 1. The van der Waals surface area contributed by atoms with Crippen LogP contribution in [-0.4, -0.2) is 43.2 Å². The highest BCUT2D eigenvalue weighted by atomic mass is 35.5. The summed E-state index contributed by atoms with van der Waals surface area (Å²) in [6.07, 6.45) is 5.11. The molecule has 6 nitrogen and oxygen atoms in total. The van der Waals surface area contributed by atoms with Crippen molar-refractivity contribution in [1.82, 2.24) is 14.7 Å². The van der Waals surface area contributed by atoms with E-state index in [4.69, 9.17) is 26.1 Å². The highest BCUT2D eigenvalue weighted by Crippen LogP contribution is 2.38. The van der Waals surface area contributed by atoms with Gasteiger partial charge in [-0.25, -0.2) is 4.98 Å².